The van der Waals surface area contributed by atoms with Crippen LogP contribution < -0.4 is 10.6 Å². The van der Waals surface area contributed by atoms with Gasteiger partial charge in [0.2, 0.25) is 0 Å². The fraction of sp³-hybridized carbons (Fsp3) is 0.737. The van der Waals surface area contributed by atoms with Crippen LogP contribution >= 0.6 is 35.3 Å². The summed E-state index contributed by atoms with van der Waals surface area (Å²) in [6.45, 7) is 9.16. The van der Waals surface area contributed by atoms with Gasteiger partial charge in [0.15, 0.2) is 5.96 Å². The molecule has 0 saturated carbocycles. The van der Waals surface area contributed by atoms with Gasteiger partial charge in [-0.05, 0) is 57.1 Å². The average molecular weight is 497 g/mol. The third kappa shape index (κ3) is 10.1. The summed E-state index contributed by atoms with van der Waals surface area (Å²) in [6, 6.07) is 4.61. The lowest BCUT2D eigenvalue weighted by molar-refractivity contribution is 0.245. The Kier molecular flexibility index (Phi) is 14.4. The van der Waals surface area contributed by atoms with Crippen molar-refractivity contribution in [3.63, 3.8) is 0 Å². The Morgan fingerprint density at radius 2 is 2.04 bits per heavy atom. The Balaban J connectivity index is 0.00000625. The lowest BCUT2D eigenvalue weighted by Gasteiger charge is -2.25. The Morgan fingerprint density at radius 3 is 2.54 bits per heavy atom. The first-order valence-electron chi connectivity index (χ1n) is 9.30. The predicted octanol–water partition coefficient (Wildman–Crippen LogP) is 3.57. The van der Waals surface area contributed by atoms with Crippen molar-refractivity contribution >= 4 is 41.3 Å². The van der Waals surface area contributed by atoms with Gasteiger partial charge in [-0.25, -0.2) is 0 Å². The highest BCUT2D eigenvalue weighted by atomic mass is 127. The zero-order chi connectivity index (χ0) is 18.7. The van der Waals surface area contributed by atoms with Crippen LogP contribution in [0.2, 0.25) is 0 Å². The number of hydrogen-bond donors (Lipinski definition) is 3. The Morgan fingerprint density at radius 1 is 1.31 bits per heavy atom. The summed E-state index contributed by atoms with van der Waals surface area (Å²) < 4.78 is 0. The number of aliphatic hydroxyl groups is 1. The van der Waals surface area contributed by atoms with E-state index in [1.807, 2.05) is 0 Å². The van der Waals surface area contributed by atoms with Gasteiger partial charge in [0.1, 0.15) is 0 Å². The number of aliphatic imine (C=N–C) groups is 1. The maximum atomic E-state index is 9.28. The van der Waals surface area contributed by atoms with E-state index in [1.165, 1.54) is 4.88 Å². The number of nitrogens with one attached hydrogen (secondary N) is 2. The first-order chi connectivity index (χ1) is 12.0. The Labute approximate surface area is 180 Å². The van der Waals surface area contributed by atoms with Gasteiger partial charge in [-0.15, -0.1) is 35.3 Å². The molecule has 1 rings (SSSR count). The summed E-state index contributed by atoms with van der Waals surface area (Å²) in [5, 5.41) is 18.2. The highest BCUT2D eigenvalue weighted by molar-refractivity contribution is 14.0. The van der Waals surface area contributed by atoms with Crippen LogP contribution in [0, 0.1) is 11.8 Å². The monoisotopic (exact) mass is 496 g/mol. The van der Waals surface area contributed by atoms with Crippen LogP contribution in [0.25, 0.3) is 0 Å². The summed E-state index contributed by atoms with van der Waals surface area (Å²) in [6.07, 6.45) is 1.91. The molecule has 0 aliphatic rings. The first-order valence-corrected chi connectivity index (χ1v) is 10.2. The van der Waals surface area contributed by atoms with Crippen LogP contribution in [-0.4, -0.2) is 56.3 Å². The van der Waals surface area contributed by atoms with Gasteiger partial charge in [-0.2, -0.15) is 0 Å². The topological polar surface area (TPSA) is 59.9 Å². The molecule has 5 nitrogen and oxygen atoms in total. The molecule has 1 aromatic heterocycles. The number of halogens is 1. The number of aliphatic hydroxyl groups excluding tert-OH is 1. The van der Waals surface area contributed by atoms with Gasteiger partial charge in [0.05, 0.1) is 6.04 Å². The van der Waals surface area contributed by atoms with E-state index in [2.05, 4.69) is 67.9 Å². The lowest BCUT2D eigenvalue weighted by atomic mass is 9.94. The highest BCUT2D eigenvalue weighted by Crippen LogP contribution is 2.22. The molecule has 0 fully saturated rings. The van der Waals surface area contributed by atoms with E-state index in [4.69, 9.17) is 4.99 Å². The molecule has 2 atom stereocenters. The molecule has 1 heterocycles. The number of guanidine groups is 1. The maximum Gasteiger partial charge on any atom is 0.191 e. The molecule has 3 N–H and O–H groups in total. The number of nitrogens with zero attached hydrogens (tertiary/aromatic N) is 2. The van der Waals surface area contributed by atoms with Gasteiger partial charge in [0.25, 0.3) is 0 Å². The Bertz CT molecular complexity index is 480. The minimum atomic E-state index is 0. The smallest absolute Gasteiger partial charge is 0.191 e. The quantitative estimate of drug-likeness (QED) is 0.249. The molecule has 0 saturated heterocycles. The number of rotatable bonds is 11. The summed E-state index contributed by atoms with van der Waals surface area (Å²) in [5.74, 6) is 1.92. The van der Waals surface area contributed by atoms with Crippen LogP contribution in [0.5, 0.6) is 0 Å². The van der Waals surface area contributed by atoms with Gasteiger partial charge >= 0.3 is 0 Å². The van der Waals surface area contributed by atoms with Crippen molar-refractivity contribution in [1.29, 1.82) is 0 Å². The van der Waals surface area contributed by atoms with E-state index in [1.54, 1.807) is 11.3 Å². The van der Waals surface area contributed by atoms with Gasteiger partial charge in [0, 0.05) is 31.1 Å². The second kappa shape index (κ2) is 14.6. The molecule has 1 aromatic rings. The second-order valence-electron chi connectivity index (χ2n) is 7.10. The molecule has 7 heteroatoms. The van der Waals surface area contributed by atoms with Gasteiger partial charge in [-0.1, -0.05) is 19.9 Å². The maximum absolute atomic E-state index is 9.28. The van der Waals surface area contributed by atoms with E-state index >= 15 is 0 Å². The minimum absolute atomic E-state index is 0. The van der Waals surface area contributed by atoms with Crippen molar-refractivity contribution in [2.45, 2.75) is 39.7 Å². The van der Waals surface area contributed by atoms with Crippen molar-refractivity contribution in [2.75, 3.05) is 40.3 Å². The number of thiophene rings is 1. The summed E-state index contributed by atoms with van der Waals surface area (Å²) in [5.41, 5.74) is 0. The molecular weight excluding hydrogens is 459 g/mol. The van der Waals surface area contributed by atoms with E-state index in [0.717, 1.165) is 38.4 Å². The zero-order valence-corrected chi connectivity index (χ0v) is 20.0. The highest BCUT2D eigenvalue weighted by Gasteiger charge is 2.16. The van der Waals surface area contributed by atoms with Gasteiger partial charge in [-0.3, -0.25) is 4.99 Å². The fourth-order valence-corrected chi connectivity index (χ4v) is 3.83. The molecule has 0 amide bonds. The summed E-state index contributed by atoms with van der Waals surface area (Å²) >= 11 is 1.79. The SMILES string of the molecule is CCNC(=NCC(CCO)CC(C)C)NCC(c1cccs1)N(C)C.I. The zero-order valence-electron chi connectivity index (χ0n) is 16.9. The van der Waals surface area contributed by atoms with Crippen LogP contribution in [-0.2, 0) is 0 Å². The Hall–Kier alpha value is -0.380. The largest absolute Gasteiger partial charge is 0.396 e. The van der Waals surface area contributed by atoms with Crippen molar-refractivity contribution in [1.82, 2.24) is 15.5 Å². The molecule has 2 unspecified atom stereocenters. The van der Waals surface area contributed by atoms with Crippen molar-refractivity contribution in [3.8, 4) is 0 Å². The third-order valence-corrected chi connectivity index (χ3v) is 5.13. The molecule has 0 spiro atoms. The lowest BCUT2D eigenvalue weighted by Crippen LogP contribution is -2.42. The molecule has 0 radical (unpaired) electrons. The predicted molar refractivity (Wildman–Crippen MR) is 125 cm³/mol. The second-order valence-corrected chi connectivity index (χ2v) is 8.08. The molecule has 0 aliphatic carbocycles. The number of likely N-dealkylation sites (N-methyl/N-ethyl adjacent to an activating group) is 1. The summed E-state index contributed by atoms with van der Waals surface area (Å²) in [4.78, 5) is 8.35. The van der Waals surface area contributed by atoms with Crippen molar-refractivity contribution in [3.05, 3.63) is 22.4 Å². The van der Waals surface area contributed by atoms with E-state index in [9.17, 15) is 5.11 Å². The summed E-state index contributed by atoms with van der Waals surface area (Å²) in [7, 11) is 4.21. The van der Waals surface area contributed by atoms with Crippen LogP contribution in [0.4, 0.5) is 0 Å². The first kappa shape index (κ1) is 25.6. The molecule has 0 aromatic carbocycles. The molecule has 0 bridgehead atoms. The van der Waals surface area contributed by atoms with Crippen molar-refractivity contribution in [2.24, 2.45) is 16.8 Å². The molecule has 152 valence electrons. The average Bonchev–Trinajstić information content (AvgIpc) is 3.06. The fourth-order valence-electron chi connectivity index (χ4n) is 2.91. The van der Waals surface area contributed by atoms with Crippen molar-refractivity contribution < 1.29 is 5.11 Å². The van der Waals surface area contributed by atoms with E-state index < -0.39 is 0 Å². The molecular formula is C19H37IN4OS. The normalized spacial score (nSPS) is 14.2. The minimum Gasteiger partial charge on any atom is -0.396 e. The van der Waals surface area contributed by atoms with Crippen LogP contribution in [0.15, 0.2) is 22.5 Å². The number of hydrogen-bond acceptors (Lipinski definition) is 4. The molecule has 0 aliphatic heterocycles. The molecule has 26 heavy (non-hydrogen) atoms. The van der Waals surface area contributed by atoms with E-state index in [-0.39, 0.29) is 30.6 Å². The van der Waals surface area contributed by atoms with Crippen LogP contribution in [0.3, 0.4) is 0 Å². The van der Waals surface area contributed by atoms with Gasteiger partial charge < -0.3 is 20.6 Å². The van der Waals surface area contributed by atoms with Crippen LogP contribution in [0.1, 0.15) is 44.5 Å². The third-order valence-electron chi connectivity index (χ3n) is 4.15. The van der Waals surface area contributed by atoms with E-state index in [0.29, 0.717) is 17.9 Å². The standard InChI is InChI=1S/C19H36N4OS.HI/c1-6-20-19(21-13-16(9-10-24)12-15(2)3)22-14-17(23(4)5)18-8-7-11-25-18;/h7-8,11,15-17,24H,6,9-10,12-14H2,1-5H3,(H2,20,21,22);1H.